The SMILES string of the molecule is CC(NC=O)C(=O)C(N)=O.CC1CC1.CC1CCCN1C(=O)C(NC(=O)NC1(CC(=O)c2ccccc2)CCCCC1)C(C)(C)C. The molecule has 0 aromatic heterocycles. The lowest BCUT2D eigenvalue weighted by molar-refractivity contribution is -0.137. The summed E-state index contributed by atoms with van der Waals surface area (Å²) in [5.41, 5.74) is 4.31. The number of nitrogens with one attached hydrogen (secondary N) is 3. The number of ketones is 2. The van der Waals surface area contributed by atoms with Crippen molar-refractivity contribution in [2.45, 2.75) is 129 Å². The van der Waals surface area contributed by atoms with Gasteiger partial charge in [0.1, 0.15) is 6.04 Å². The zero-order valence-corrected chi connectivity index (χ0v) is 28.5. The molecule has 0 radical (unpaired) electrons. The number of nitrogens with two attached hydrogens (primary N) is 1. The number of Topliss-reactive ketones (excluding diaryl/α,β-unsaturated/α-hetero) is 2. The molecule has 11 nitrogen and oxygen atoms in total. The van der Waals surface area contributed by atoms with Crippen LogP contribution in [0.25, 0.3) is 0 Å². The van der Waals surface area contributed by atoms with E-state index in [1.807, 2.05) is 56.0 Å². The summed E-state index contributed by atoms with van der Waals surface area (Å²) in [6.07, 6.45) is 10.2. The highest BCUT2D eigenvalue weighted by molar-refractivity contribution is 6.37. The van der Waals surface area contributed by atoms with Crippen molar-refractivity contribution in [3.8, 4) is 0 Å². The Balaban J connectivity index is 0.000000435. The second-order valence-electron chi connectivity index (χ2n) is 14.1. The van der Waals surface area contributed by atoms with Crippen LogP contribution < -0.4 is 21.7 Å². The van der Waals surface area contributed by atoms with Crippen molar-refractivity contribution >= 4 is 35.8 Å². The third-order valence-corrected chi connectivity index (χ3v) is 8.83. The van der Waals surface area contributed by atoms with Crippen LogP contribution in [0.15, 0.2) is 30.3 Å². The van der Waals surface area contributed by atoms with Gasteiger partial charge in [-0.3, -0.25) is 24.0 Å². The van der Waals surface area contributed by atoms with Gasteiger partial charge < -0.3 is 26.6 Å². The van der Waals surface area contributed by atoms with Crippen molar-refractivity contribution in [1.82, 2.24) is 20.9 Å². The molecule has 1 heterocycles. The fourth-order valence-corrected chi connectivity index (χ4v) is 5.65. The zero-order chi connectivity index (χ0) is 34.5. The van der Waals surface area contributed by atoms with Crippen molar-refractivity contribution in [2.75, 3.05) is 6.54 Å². The van der Waals surface area contributed by atoms with Crippen molar-refractivity contribution in [1.29, 1.82) is 0 Å². The normalized spacial score (nSPS) is 19.9. The Hall–Kier alpha value is -3.76. The van der Waals surface area contributed by atoms with Gasteiger partial charge in [-0.05, 0) is 50.9 Å². The molecule has 1 aromatic carbocycles. The Morgan fingerprint density at radius 1 is 0.978 bits per heavy atom. The van der Waals surface area contributed by atoms with Gasteiger partial charge >= 0.3 is 6.03 Å². The first kappa shape index (κ1) is 38.4. The molecule has 3 aliphatic rings. The number of benzene rings is 1. The smallest absolute Gasteiger partial charge is 0.315 e. The fourth-order valence-electron chi connectivity index (χ4n) is 5.65. The van der Waals surface area contributed by atoms with E-state index < -0.39 is 34.7 Å². The third-order valence-electron chi connectivity index (χ3n) is 8.83. The summed E-state index contributed by atoms with van der Waals surface area (Å²) in [4.78, 5) is 71.7. The predicted molar refractivity (Wildman–Crippen MR) is 178 cm³/mol. The van der Waals surface area contributed by atoms with Crippen LogP contribution in [0.5, 0.6) is 0 Å². The van der Waals surface area contributed by atoms with Crippen LogP contribution in [-0.2, 0) is 19.2 Å². The number of nitrogens with zero attached hydrogens (tertiary/aromatic N) is 1. The number of hydrogen-bond donors (Lipinski definition) is 4. The molecule has 5 N–H and O–H groups in total. The van der Waals surface area contributed by atoms with Crippen molar-refractivity contribution < 1.29 is 28.8 Å². The average Bonchev–Trinajstić information content (AvgIpc) is 3.67. The van der Waals surface area contributed by atoms with Crippen molar-refractivity contribution in [2.24, 2.45) is 17.1 Å². The van der Waals surface area contributed by atoms with Gasteiger partial charge in [-0.15, -0.1) is 0 Å². The van der Waals surface area contributed by atoms with Gasteiger partial charge in [0.25, 0.3) is 5.91 Å². The molecule has 3 fully saturated rings. The highest BCUT2D eigenvalue weighted by Crippen LogP contribution is 2.33. The maximum absolute atomic E-state index is 13.3. The average molecular weight is 642 g/mol. The van der Waals surface area contributed by atoms with E-state index in [4.69, 9.17) is 0 Å². The monoisotopic (exact) mass is 641 g/mol. The number of hydrogen-bond acceptors (Lipinski definition) is 6. The van der Waals surface area contributed by atoms with Crippen LogP contribution in [0.4, 0.5) is 4.79 Å². The molecule has 1 aromatic rings. The molecule has 2 saturated carbocycles. The fraction of sp³-hybridized carbons (Fsp3) is 0.657. The molecule has 1 aliphatic heterocycles. The van der Waals surface area contributed by atoms with Gasteiger partial charge in [-0.25, -0.2) is 4.79 Å². The molecule has 0 bridgehead atoms. The van der Waals surface area contributed by atoms with Crippen molar-refractivity contribution in [3.05, 3.63) is 35.9 Å². The maximum Gasteiger partial charge on any atom is 0.315 e. The summed E-state index contributed by atoms with van der Waals surface area (Å²) >= 11 is 0. The lowest BCUT2D eigenvalue weighted by Gasteiger charge is -2.40. The minimum absolute atomic E-state index is 0.0179. The quantitative estimate of drug-likeness (QED) is 0.169. The molecule has 3 atom stereocenters. The molecule has 3 unspecified atom stereocenters. The van der Waals surface area contributed by atoms with Crippen LogP contribution in [-0.4, -0.2) is 70.9 Å². The Kier molecular flexibility index (Phi) is 14.9. The molecular weight excluding hydrogens is 586 g/mol. The topological polar surface area (TPSA) is 168 Å². The largest absolute Gasteiger partial charge is 0.363 e. The van der Waals surface area contributed by atoms with Gasteiger partial charge in [0.2, 0.25) is 18.1 Å². The lowest BCUT2D eigenvalue weighted by atomic mass is 9.77. The van der Waals surface area contributed by atoms with E-state index in [2.05, 4.69) is 35.5 Å². The molecule has 2 aliphatic carbocycles. The molecule has 5 amide bonds. The number of carbonyl (C=O) groups is 6. The number of rotatable bonds is 10. The van der Waals surface area contributed by atoms with Crippen LogP contribution in [0, 0.1) is 11.3 Å². The van der Waals surface area contributed by atoms with Crippen molar-refractivity contribution in [3.63, 3.8) is 0 Å². The van der Waals surface area contributed by atoms with E-state index in [1.165, 1.54) is 19.8 Å². The molecule has 11 heteroatoms. The number of urea groups is 1. The maximum atomic E-state index is 13.3. The molecule has 4 rings (SSSR count). The second kappa shape index (κ2) is 17.8. The summed E-state index contributed by atoms with van der Waals surface area (Å²) in [6.45, 7) is 12.4. The second-order valence-corrected chi connectivity index (χ2v) is 14.1. The van der Waals surface area contributed by atoms with Gasteiger partial charge in [-0.1, -0.05) is 90.1 Å². The summed E-state index contributed by atoms with van der Waals surface area (Å²) in [5.74, 6) is -0.730. The van der Waals surface area contributed by atoms with E-state index in [-0.39, 0.29) is 30.2 Å². The van der Waals surface area contributed by atoms with E-state index in [9.17, 15) is 28.8 Å². The summed E-state index contributed by atoms with van der Waals surface area (Å²) in [7, 11) is 0. The van der Waals surface area contributed by atoms with Crippen LogP contribution in [0.2, 0.25) is 0 Å². The highest BCUT2D eigenvalue weighted by atomic mass is 16.2. The first-order valence-corrected chi connectivity index (χ1v) is 16.6. The molecule has 46 heavy (non-hydrogen) atoms. The van der Waals surface area contributed by atoms with E-state index in [0.717, 1.165) is 57.4 Å². The summed E-state index contributed by atoms with van der Waals surface area (Å²) in [5, 5.41) is 8.23. The minimum Gasteiger partial charge on any atom is -0.363 e. The number of primary amides is 1. The predicted octanol–water partition coefficient (Wildman–Crippen LogP) is 4.28. The minimum atomic E-state index is -1.04. The summed E-state index contributed by atoms with van der Waals surface area (Å²) in [6, 6.07) is 7.67. The van der Waals surface area contributed by atoms with Crippen LogP contribution >= 0.6 is 0 Å². The Bertz CT molecular complexity index is 1190. The number of carbonyl (C=O) groups excluding carboxylic acids is 6. The Morgan fingerprint density at radius 2 is 1.57 bits per heavy atom. The highest BCUT2D eigenvalue weighted by Gasteiger charge is 2.41. The van der Waals surface area contributed by atoms with Gasteiger partial charge in [0.15, 0.2) is 5.78 Å². The van der Waals surface area contributed by atoms with Gasteiger partial charge in [-0.2, -0.15) is 0 Å². The third kappa shape index (κ3) is 12.6. The lowest BCUT2D eigenvalue weighted by Crippen LogP contribution is -2.61. The van der Waals surface area contributed by atoms with Gasteiger partial charge in [0, 0.05) is 30.1 Å². The molecule has 1 saturated heterocycles. The molecule has 0 spiro atoms. The van der Waals surface area contributed by atoms with E-state index >= 15 is 0 Å². The summed E-state index contributed by atoms with van der Waals surface area (Å²) < 4.78 is 0. The van der Waals surface area contributed by atoms with Gasteiger partial charge in [0.05, 0.1) is 6.04 Å². The standard InChI is InChI=1S/C26H39N3O3.C5H8N2O3.C4H8/c1-19-12-11-17-29(19)23(31)22(25(2,3)4)27-24(32)28-26(15-9-6-10-16-26)18-21(30)20-13-7-5-8-14-20;1-3(7-2-8)4(9)5(6)10;1-4-2-3-4/h5,7-8,13-14,19,22H,6,9-12,15-18H2,1-4H3,(H2,27,28,32);2-3H,1H3,(H2,6,10)(H,7,8);4H,2-3H2,1H3. The zero-order valence-electron chi connectivity index (χ0n) is 28.5. The first-order valence-electron chi connectivity index (χ1n) is 16.6. The van der Waals surface area contributed by atoms with E-state index in [1.54, 1.807) is 0 Å². The van der Waals surface area contributed by atoms with Crippen LogP contribution in [0.3, 0.4) is 0 Å². The van der Waals surface area contributed by atoms with Crippen LogP contribution in [0.1, 0.15) is 116 Å². The number of likely N-dealkylation sites (tertiary alicyclic amines) is 1. The first-order chi connectivity index (χ1) is 21.6. The molecular formula is C35H55N5O6. The number of amides is 5. The Morgan fingerprint density at radius 3 is 2.02 bits per heavy atom. The molecule has 256 valence electrons. The van der Waals surface area contributed by atoms with E-state index in [0.29, 0.717) is 12.0 Å². The Labute approximate surface area is 274 Å².